The molecule has 6 nitrogen and oxygen atoms in total. The number of nitriles is 4. The molecule has 87 heavy (non-hydrogen) atoms. The molecule has 0 unspecified atom stereocenters. The fourth-order valence-corrected chi connectivity index (χ4v) is 13.0. The smallest absolute Gasteiger partial charge is 0.332 e. The van der Waals surface area contributed by atoms with E-state index < -0.39 is 0 Å². The van der Waals surface area contributed by atoms with Crippen LogP contribution in [-0.4, -0.2) is 10.5 Å². The van der Waals surface area contributed by atoms with E-state index in [1.54, 1.807) is 0 Å². The van der Waals surface area contributed by atoms with Crippen molar-refractivity contribution >= 4 is 48.8 Å². The summed E-state index contributed by atoms with van der Waals surface area (Å²) in [6.45, 7) is 22.3. The van der Waals surface area contributed by atoms with Gasteiger partial charge < -0.3 is 5.53 Å². The lowest BCUT2D eigenvalue weighted by molar-refractivity contribution is -0.00233. The molecule has 12 aromatic rings. The minimum Gasteiger partial charge on any atom is -0.361 e. The molecule has 0 amide bonds. The van der Waals surface area contributed by atoms with Crippen molar-refractivity contribution in [1.29, 1.82) is 21.0 Å². The molecule has 0 aromatic heterocycles. The third-order valence-corrected chi connectivity index (χ3v) is 17.5. The highest BCUT2D eigenvalue weighted by atomic mass is 14.9. The summed E-state index contributed by atoms with van der Waals surface area (Å²) in [6.07, 6.45) is 0. The summed E-state index contributed by atoms with van der Waals surface area (Å²) < 4.78 is 0. The van der Waals surface area contributed by atoms with Crippen LogP contribution in [0.1, 0.15) is 108 Å². The number of rotatable bonds is 8. The zero-order valence-electron chi connectivity index (χ0n) is 50.7. The van der Waals surface area contributed by atoms with Gasteiger partial charge in [0, 0.05) is 0 Å². The molecule has 0 aliphatic carbocycles. The number of benzene rings is 12. The number of hydrogen-bond acceptors (Lipinski definition) is 4. The molecule has 0 saturated carbocycles. The van der Waals surface area contributed by atoms with Crippen molar-refractivity contribution in [3.8, 4) is 91.0 Å². The second-order valence-corrected chi connectivity index (χ2v) is 25.2. The minimum absolute atomic E-state index is 0.102. The molecule has 0 atom stereocenters. The maximum atomic E-state index is 12.7. The summed E-state index contributed by atoms with van der Waals surface area (Å²) >= 11 is 0. The van der Waals surface area contributed by atoms with Gasteiger partial charge in [0.2, 0.25) is 0 Å². The molecule has 0 aliphatic rings. The zero-order valence-corrected chi connectivity index (χ0v) is 50.7. The van der Waals surface area contributed by atoms with Gasteiger partial charge in [0.25, 0.3) is 0 Å². The van der Waals surface area contributed by atoms with E-state index in [1.165, 1.54) is 11.1 Å². The number of aryl methyl sites for hydroxylation is 4. The SMILES string of the molecule is Cc1cc(C(C)(C)C)cc(C)c1-c1c2ccc(-c3ccc(C#N)cc3)cc2c(C(=[N+]=[N-])c2c3cc(-c4ccc(C#N)cc4)ccc3c(-c3c(C)cc(C(C)(C)C)cc3C)c3ccc(-c4ccc(C#N)cc4)cc23)c2cc(-c3ccc(C#N)cc3)ccc12. The topological polar surface area (TPSA) is 132 Å². The molecule has 12 aromatic carbocycles. The first kappa shape index (κ1) is 56.5. The standard InChI is InChI=1S/C81H62N6/c1-47-35-63(80(5,6)7)36-48(2)73(47)75-65-31-27-59(55-19-11-51(43-82)12-20-55)39-69(65)77(70-40-60(28-32-66(70)75)56-21-13-52(44-83)14-22-56)79(87-86)78-71-41-61(57-23-15-53(45-84)16-24-57)29-33-67(71)76(74-49(3)37-64(38-50(74)4)81(8,9)10)68-34-30-62(42-72(68)78)58-25-17-54(46-85)18-26-58/h11-42H,1-10H3. The van der Waals surface area contributed by atoms with Crippen LogP contribution < -0.4 is 0 Å². The molecule has 6 heteroatoms. The van der Waals surface area contributed by atoms with E-state index in [0.717, 1.165) is 132 Å². The average molecular weight is 1120 g/mol. The first-order valence-corrected chi connectivity index (χ1v) is 29.4. The van der Waals surface area contributed by atoms with E-state index in [1.807, 2.05) is 97.1 Å². The van der Waals surface area contributed by atoms with Crippen LogP contribution >= 0.6 is 0 Å². The first-order chi connectivity index (χ1) is 41.8. The Labute approximate surface area is 509 Å². The van der Waals surface area contributed by atoms with E-state index >= 15 is 0 Å². The number of fused-ring (bicyclic) bond motifs is 4. The maximum Gasteiger partial charge on any atom is 0.332 e. The van der Waals surface area contributed by atoms with Gasteiger partial charge in [0.05, 0.1) is 57.7 Å². The van der Waals surface area contributed by atoms with Crippen LogP contribution in [-0.2, 0) is 10.8 Å². The van der Waals surface area contributed by atoms with Crippen molar-refractivity contribution in [3.05, 3.63) is 266 Å². The molecule has 0 bridgehead atoms. The number of nitrogens with zero attached hydrogens (tertiary/aromatic N) is 6. The van der Waals surface area contributed by atoms with Crippen molar-refractivity contribution in [1.82, 2.24) is 0 Å². The van der Waals surface area contributed by atoms with Gasteiger partial charge in [-0.2, -0.15) is 25.8 Å². The predicted octanol–water partition coefficient (Wildman–Crippen LogP) is 20.7. The average Bonchev–Trinajstić information content (AvgIpc) is 1.04. The van der Waals surface area contributed by atoms with Gasteiger partial charge in [-0.05, 0) is 255 Å². The summed E-state index contributed by atoms with van der Waals surface area (Å²) in [5, 5.41) is 47.0. The fourth-order valence-electron chi connectivity index (χ4n) is 13.0. The Balaban J connectivity index is 1.30. The van der Waals surface area contributed by atoms with Gasteiger partial charge in [0.15, 0.2) is 0 Å². The second kappa shape index (κ2) is 21.9. The Hall–Kier alpha value is -11.0. The lowest BCUT2D eigenvalue weighted by Gasteiger charge is -2.25. The molecular weight excluding hydrogens is 1060 g/mol. The predicted molar refractivity (Wildman–Crippen MR) is 358 cm³/mol. The molecule has 0 aliphatic heterocycles. The Morgan fingerprint density at radius 3 is 0.713 bits per heavy atom. The van der Waals surface area contributed by atoms with E-state index in [4.69, 9.17) is 0 Å². The lowest BCUT2D eigenvalue weighted by Crippen LogP contribution is -2.13. The van der Waals surface area contributed by atoms with Crippen molar-refractivity contribution in [2.24, 2.45) is 0 Å². The number of hydrogen-bond donors (Lipinski definition) is 0. The Bertz CT molecular complexity index is 4490. The minimum atomic E-state index is -0.102. The summed E-state index contributed by atoms with van der Waals surface area (Å²) in [6, 6.07) is 75.4. The van der Waals surface area contributed by atoms with Crippen molar-refractivity contribution in [2.75, 3.05) is 0 Å². The van der Waals surface area contributed by atoms with Crippen LogP contribution in [0.15, 0.2) is 194 Å². The van der Waals surface area contributed by atoms with Crippen molar-refractivity contribution in [3.63, 3.8) is 0 Å². The zero-order chi connectivity index (χ0) is 61.2. The highest BCUT2D eigenvalue weighted by Gasteiger charge is 2.33. The van der Waals surface area contributed by atoms with Crippen LogP contribution in [0.4, 0.5) is 0 Å². The first-order valence-electron chi connectivity index (χ1n) is 29.4. The molecule has 0 N–H and O–H groups in total. The van der Waals surface area contributed by atoms with Gasteiger partial charge >= 0.3 is 5.71 Å². The van der Waals surface area contributed by atoms with Gasteiger partial charge in [-0.15, -0.1) is 0 Å². The molecular formula is C81H62N6. The monoisotopic (exact) mass is 1120 g/mol. The quantitative estimate of drug-likeness (QED) is 0.0649. The maximum absolute atomic E-state index is 12.7. The van der Waals surface area contributed by atoms with Crippen LogP contribution in [0.5, 0.6) is 0 Å². The van der Waals surface area contributed by atoms with Crippen LogP contribution in [0.3, 0.4) is 0 Å². The third kappa shape index (κ3) is 10.1. The van der Waals surface area contributed by atoms with Gasteiger partial charge in [-0.25, -0.2) is 0 Å². The fraction of sp³-hybridized carbons (Fsp3) is 0.148. The molecule has 0 spiro atoms. The van der Waals surface area contributed by atoms with Crippen molar-refractivity contribution in [2.45, 2.75) is 80.1 Å². The van der Waals surface area contributed by atoms with E-state index in [2.05, 4.69) is 195 Å². The molecule has 0 fully saturated rings. The normalized spacial score (nSPS) is 11.5. The van der Waals surface area contributed by atoms with E-state index in [-0.39, 0.29) is 10.8 Å². The molecule has 0 saturated heterocycles. The van der Waals surface area contributed by atoms with Gasteiger partial charge in [-0.3, -0.25) is 0 Å². The molecule has 12 rings (SSSR count). The van der Waals surface area contributed by atoms with Gasteiger partial charge in [0.1, 0.15) is 0 Å². The summed E-state index contributed by atoms with van der Waals surface area (Å²) in [7, 11) is 0. The van der Waals surface area contributed by atoms with Crippen LogP contribution in [0, 0.1) is 73.0 Å². The summed E-state index contributed by atoms with van der Waals surface area (Å²) in [5.41, 5.74) is 35.2. The van der Waals surface area contributed by atoms with E-state index in [0.29, 0.717) is 39.1 Å². The molecule has 0 heterocycles. The van der Waals surface area contributed by atoms with Crippen LogP contribution in [0.2, 0.25) is 0 Å². The highest BCUT2D eigenvalue weighted by Crippen LogP contribution is 2.50. The van der Waals surface area contributed by atoms with Gasteiger partial charge in [-0.1, -0.05) is 163 Å². The highest BCUT2D eigenvalue weighted by molar-refractivity contribution is 6.36. The largest absolute Gasteiger partial charge is 0.361 e. The van der Waals surface area contributed by atoms with Crippen molar-refractivity contribution < 1.29 is 4.79 Å². The summed E-state index contributed by atoms with van der Waals surface area (Å²) in [5.74, 6) is 0. The third-order valence-electron chi connectivity index (χ3n) is 17.5. The Kier molecular flexibility index (Phi) is 14.2. The second-order valence-electron chi connectivity index (χ2n) is 25.2. The van der Waals surface area contributed by atoms with E-state index in [9.17, 15) is 26.6 Å². The Morgan fingerprint density at radius 2 is 0.517 bits per heavy atom. The molecule has 416 valence electrons. The summed E-state index contributed by atoms with van der Waals surface area (Å²) in [4.78, 5) is 4.65. The molecule has 0 radical (unpaired) electrons. The van der Waals surface area contributed by atoms with Crippen LogP contribution in [0.25, 0.3) is 115 Å². The lowest BCUT2D eigenvalue weighted by atomic mass is 9.77. The Morgan fingerprint density at radius 1 is 0.299 bits per heavy atom.